The van der Waals surface area contributed by atoms with E-state index in [1.807, 2.05) is 37.2 Å². The molecule has 0 bridgehead atoms. The van der Waals surface area contributed by atoms with Crippen molar-refractivity contribution >= 4 is 5.91 Å². The molecule has 0 atom stereocenters. The lowest BCUT2D eigenvalue weighted by Crippen LogP contribution is -2.28. The maximum atomic E-state index is 13.4. The predicted octanol–water partition coefficient (Wildman–Crippen LogP) is 5.22. The van der Waals surface area contributed by atoms with Crippen molar-refractivity contribution in [2.45, 2.75) is 84.5 Å². The van der Waals surface area contributed by atoms with Crippen LogP contribution in [0.2, 0.25) is 0 Å². The van der Waals surface area contributed by atoms with Gasteiger partial charge in [0.25, 0.3) is 5.91 Å². The molecule has 0 unspecified atom stereocenters. The van der Waals surface area contributed by atoms with E-state index in [9.17, 15) is 23.1 Å². The van der Waals surface area contributed by atoms with E-state index in [0.29, 0.717) is 12.0 Å². The Balaban J connectivity index is 2.62. The average molecular weight is 484 g/mol. The van der Waals surface area contributed by atoms with Crippen LogP contribution in [0.1, 0.15) is 82.4 Å². The summed E-state index contributed by atoms with van der Waals surface area (Å²) in [5, 5.41) is 9.96. The highest BCUT2D eigenvalue weighted by Crippen LogP contribution is 2.33. The Morgan fingerprint density at radius 2 is 1.74 bits per heavy atom. The van der Waals surface area contributed by atoms with E-state index in [4.69, 9.17) is 4.74 Å². The summed E-state index contributed by atoms with van der Waals surface area (Å²) in [7, 11) is 1.89. The quantitative estimate of drug-likeness (QED) is 0.523. The Morgan fingerprint density at radius 3 is 2.26 bits per heavy atom. The van der Waals surface area contributed by atoms with Crippen LogP contribution >= 0.6 is 0 Å². The number of alkyl halides is 3. The highest BCUT2D eigenvalue weighted by molar-refractivity contribution is 5.97. The first kappa shape index (κ1) is 27.7. The Labute approximate surface area is 199 Å². The number of carbonyl (C=O) groups excluding carboxylic acids is 1. The van der Waals surface area contributed by atoms with Gasteiger partial charge in [0.05, 0.1) is 16.7 Å². The van der Waals surface area contributed by atoms with E-state index >= 15 is 0 Å². The van der Waals surface area contributed by atoms with Crippen molar-refractivity contribution in [3.05, 3.63) is 46.6 Å². The van der Waals surface area contributed by atoms with Gasteiger partial charge in [0.2, 0.25) is 0 Å². The van der Waals surface area contributed by atoms with Gasteiger partial charge in [-0.05, 0) is 38.5 Å². The minimum atomic E-state index is -4.63. The fraction of sp³-hybridized carbons (Fsp3) is 0.600. The summed E-state index contributed by atoms with van der Waals surface area (Å²) in [6.45, 7) is 11.6. The van der Waals surface area contributed by atoms with Crippen LogP contribution in [-0.2, 0) is 25.2 Å². The van der Waals surface area contributed by atoms with Crippen LogP contribution in [0.5, 0.6) is 5.75 Å². The normalized spacial score (nSPS) is 13.4. The Hall–Kier alpha value is -2.55. The number of aromatic nitrogens is 2. The molecule has 0 saturated carbocycles. The number of halogens is 3. The molecule has 1 heterocycles. The van der Waals surface area contributed by atoms with E-state index < -0.39 is 23.2 Å². The van der Waals surface area contributed by atoms with Crippen LogP contribution in [0.15, 0.2) is 29.3 Å². The molecule has 6 nitrogen and oxygen atoms in total. The molecule has 190 valence electrons. The maximum absolute atomic E-state index is 13.4. The lowest BCUT2D eigenvalue weighted by atomic mass is 9.92. The molecule has 1 amide bonds. The number of aliphatic hydroxyl groups is 1. The van der Waals surface area contributed by atoms with Gasteiger partial charge in [-0.15, -0.1) is 0 Å². The molecule has 0 aliphatic carbocycles. The largest absolute Gasteiger partial charge is 0.490 e. The van der Waals surface area contributed by atoms with Gasteiger partial charge >= 0.3 is 6.18 Å². The molecule has 0 aliphatic rings. The smallest absolute Gasteiger partial charge is 0.416 e. The zero-order valence-electron chi connectivity index (χ0n) is 21.1. The number of ether oxygens (including phenoxy) is 1. The third-order valence-corrected chi connectivity index (χ3v) is 5.32. The summed E-state index contributed by atoms with van der Waals surface area (Å²) in [5.74, 6) is -0.902. The molecular formula is C25H36F3N3O3. The van der Waals surface area contributed by atoms with Crippen LogP contribution in [0, 0.1) is 0 Å². The Bertz CT molecular complexity index is 1070. The van der Waals surface area contributed by atoms with E-state index in [0.717, 1.165) is 43.2 Å². The Morgan fingerprint density at radius 1 is 1.09 bits per heavy atom. The first-order valence-corrected chi connectivity index (χ1v) is 11.5. The van der Waals surface area contributed by atoms with Gasteiger partial charge in [-0.1, -0.05) is 40.5 Å². The highest BCUT2D eigenvalue weighted by Gasteiger charge is 2.32. The zero-order valence-corrected chi connectivity index (χ0v) is 21.1. The first-order chi connectivity index (χ1) is 15.5. The van der Waals surface area contributed by atoms with Gasteiger partial charge in [0.15, 0.2) is 5.49 Å². The second-order valence-electron chi connectivity index (χ2n) is 10.2. The molecular weight excluding hydrogens is 447 g/mol. The topological polar surface area (TPSA) is 68.8 Å². The average Bonchev–Trinajstić information content (AvgIpc) is 3.01. The second-order valence-corrected chi connectivity index (χ2v) is 10.2. The minimum absolute atomic E-state index is 0.0617. The molecule has 9 heteroatoms. The third kappa shape index (κ3) is 7.22. The van der Waals surface area contributed by atoms with Gasteiger partial charge in [-0.2, -0.15) is 18.2 Å². The molecule has 1 aromatic carbocycles. The van der Waals surface area contributed by atoms with Crippen LogP contribution in [-0.4, -0.2) is 32.6 Å². The fourth-order valence-electron chi connectivity index (χ4n) is 3.56. The molecule has 0 saturated heterocycles. The van der Waals surface area contributed by atoms with E-state index in [-0.39, 0.29) is 23.3 Å². The molecule has 0 fully saturated rings. The van der Waals surface area contributed by atoms with Crippen molar-refractivity contribution in [3.8, 4) is 5.75 Å². The summed E-state index contributed by atoms with van der Waals surface area (Å²) in [5.41, 5.74) is -1.42. The third-order valence-electron chi connectivity index (χ3n) is 5.32. The molecule has 0 spiro atoms. The first-order valence-electron chi connectivity index (χ1n) is 11.5. The summed E-state index contributed by atoms with van der Waals surface area (Å²) in [6.07, 6.45) is -1.73. The maximum Gasteiger partial charge on any atom is 0.416 e. The summed E-state index contributed by atoms with van der Waals surface area (Å²) in [4.78, 5) is 17.4. The molecule has 2 aromatic rings. The molecule has 1 aromatic heterocycles. The summed E-state index contributed by atoms with van der Waals surface area (Å²) >= 11 is 0. The molecule has 34 heavy (non-hydrogen) atoms. The SMILES string of the molecule is CCCCCn1c(=NC(=O)c2cc(C(F)(F)F)ccc2OCC(C)(C)O)cc(C(C)(C)C)n1C. The lowest BCUT2D eigenvalue weighted by molar-refractivity contribution is -0.137. The highest BCUT2D eigenvalue weighted by atomic mass is 19.4. The summed E-state index contributed by atoms with van der Waals surface area (Å²) < 4.78 is 49.4. The van der Waals surface area contributed by atoms with Crippen molar-refractivity contribution < 1.29 is 27.8 Å². The number of nitrogens with zero attached hydrogens (tertiary/aromatic N) is 3. The predicted molar refractivity (Wildman–Crippen MR) is 125 cm³/mol. The van der Waals surface area contributed by atoms with Crippen molar-refractivity contribution in [3.63, 3.8) is 0 Å². The molecule has 0 aliphatic heterocycles. The van der Waals surface area contributed by atoms with E-state index in [2.05, 4.69) is 11.9 Å². The lowest BCUT2D eigenvalue weighted by Gasteiger charge is -2.20. The van der Waals surface area contributed by atoms with Gasteiger partial charge in [0.1, 0.15) is 12.4 Å². The summed E-state index contributed by atoms with van der Waals surface area (Å²) in [6, 6.07) is 4.50. The van der Waals surface area contributed by atoms with E-state index in [1.165, 1.54) is 13.8 Å². The number of hydrogen-bond donors (Lipinski definition) is 1. The minimum Gasteiger partial charge on any atom is -0.490 e. The second kappa shape index (κ2) is 10.4. The van der Waals surface area contributed by atoms with Gasteiger partial charge in [-0.3, -0.25) is 14.2 Å². The molecule has 2 rings (SSSR count). The van der Waals surface area contributed by atoms with Crippen molar-refractivity contribution in [1.29, 1.82) is 0 Å². The van der Waals surface area contributed by atoms with Crippen molar-refractivity contribution in [1.82, 2.24) is 9.36 Å². The molecule has 1 N–H and O–H groups in total. The molecule has 0 radical (unpaired) electrons. The standard InChI is InChI=1S/C25H36F3N3O3/c1-8-9-10-13-31-21(15-20(30(31)7)23(2,3)4)29-22(32)18-14-17(25(26,27)28)11-12-19(18)34-16-24(5,6)33/h11-12,14-15,33H,8-10,13,16H2,1-7H3. The van der Waals surface area contributed by atoms with Crippen LogP contribution in [0.25, 0.3) is 0 Å². The van der Waals surface area contributed by atoms with Crippen molar-refractivity contribution in [2.24, 2.45) is 12.0 Å². The van der Waals surface area contributed by atoms with Crippen LogP contribution in [0.4, 0.5) is 13.2 Å². The number of hydrogen-bond acceptors (Lipinski definition) is 3. The fourth-order valence-corrected chi connectivity index (χ4v) is 3.56. The monoisotopic (exact) mass is 483 g/mol. The number of amides is 1. The van der Waals surface area contributed by atoms with Crippen LogP contribution in [0.3, 0.4) is 0 Å². The number of rotatable bonds is 8. The van der Waals surface area contributed by atoms with Gasteiger partial charge in [0, 0.05) is 30.8 Å². The van der Waals surface area contributed by atoms with Crippen LogP contribution < -0.4 is 10.2 Å². The number of benzene rings is 1. The van der Waals surface area contributed by atoms with E-state index in [1.54, 1.807) is 6.07 Å². The van der Waals surface area contributed by atoms with Crippen molar-refractivity contribution in [2.75, 3.05) is 6.61 Å². The number of unbranched alkanes of at least 4 members (excludes halogenated alkanes) is 2. The van der Waals surface area contributed by atoms with Gasteiger partial charge < -0.3 is 9.84 Å². The number of carbonyl (C=O) groups is 1. The van der Waals surface area contributed by atoms with Gasteiger partial charge in [-0.25, -0.2) is 0 Å². The Kier molecular flexibility index (Phi) is 8.45. The zero-order chi connectivity index (χ0) is 25.9.